The first-order valence-corrected chi connectivity index (χ1v) is 7.54. The molecule has 0 aliphatic carbocycles. The highest BCUT2D eigenvalue weighted by Gasteiger charge is 2.14. The van der Waals surface area contributed by atoms with Crippen molar-refractivity contribution in [2.45, 2.75) is 33.2 Å². The highest BCUT2D eigenvalue weighted by atomic mass is 19.1. The minimum absolute atomic E-state index is 0.187. The van der Waals surface area contributed by atoms with Crippen LogP contribution in [0, 0.1) is 11.7 Å². The summed E-state index contributed by atoms with van der Waals surface area (Å²) in [6.07, 6.45) is 3.39. The van der Waals surface area contributed by atoms with Gasteiger partial charge in [-0.2, -0.15) is 5.10 Å². The molecule has 1 aromatic heterocycles. The van der Waals surface area contributed by atoms with E-state index in [0.717, 1.165) is 43.9 Å². The fraction of sp³-hybridized carbons (Fsp3) is 0.500. The van der Waals surface area contributed by atoms with Crippen LogP contribution in [0.2, 0.25) is 0 Å². The highest BCUT2D eigenvalue weighted by molar-refractivity contribution is 5.17. The van der Waals surface area contributed by atoms with Crippen LogP contribution < -0.4 is 5.32 Å². The van der Waals surface area contributed by atoms with E-state index in [-0.39, 0.29) is 5.82 Å². The van der Waals surface area contributed by atoms with Crippen LogP contribution in [0.4, 0.5) is 4.39 Å². The summed E-state index contributed by atoms with van der Waals surface area (Å²) in [5, 5.41) is 7.62. The Balaban J connectivity index is 2.05. The molecule has 114 valence electrons. The number of hydrogen-bond acceptors (Lipinski definition) is 3. The number of aryl methyl sites for hydroxylation is 1. The predicted octanol–water partition coefficient (Wildman–Crippen LogP) is 2.45. The summed E-state index contributed by atoms with van der Waals surface area (Å²) in [5.41, 5.74) is 1.15. The molecule has 0 spiro atoms. The van der Waals surface area contributed by atoms with Crippen LogP contribution in [0.1, 0.15) is 25.2 Å². The lowest BCUT2D eigenvalue weighted by molar-refractivity contribution is 0.452. The third-order valence-electron chi connectivity index (χ3n) is 3.59. The highest BCUT2D eigenvalue weighted by Crippen LogP contribution is 2.14. The van der Waals surface area contributed by atoms with E-state index >= 15 is 0 Å². The maximum atomic E-state index is 13.0. The fourth-order valence-corrected chi connectivity index (χ4v) is 2.49. The van der Waals surface area contributed by atoms with Gasteiger partial charge < -0.3 is 5.32 Å². The maximum Gasteiger partial charge on any atom is 0.138 e. The smallest absolute Gasteiger partial charge is 0.138 e. The van der Waals surface area contributed by atoms with E-state index < -0.39 is 0 Å². The number of nitrogens with one attached hydrogen (secondary N) is 1. The second-order valence-corrected chi connectivity index (χ2v) is 5.20. The van der Waals surface area contributed by atoms with Crippen molar-refractivity contribution in [2.75, 3.05) is 13.1 Å². The molecule has 1 unspecified atom stereocenters. The van der Waals surface area contributed by atoms with Crippen LogP contribution in [-0.2, 0) is 19.4 Å². The summed E-state index contributed by atoms with van der Waals surface area (Å²) < 4.78 is 14.9. The molecule has 0 saturated carbocycles. The summed E-state index contributed by atoms with van der Waals surface area (Å²) in [6.45, 7) is 6.87. The van der Waals surface area contributed by atoms with Gasteiger partial charge >= 0.3 is 0 Å². The van der Waals surface area contributed by atoms with Gasteiger partial charge in [0.2, 0.25) is 0 Å². The van der Waals surface area contributed by atoms with Crippen molar-refractivity contribution in [1.29, 1.82) is 0 Å². The van der Waals surface area contributed by atoms with E-state index in [4.69, 9.17) is 0 Å². The van der Waals surface area contributed by atoms with Crippen molar-refractivity contribution in [3.05, 3.63) is 47.8 Å². The normalized spacial score (nSPS) is 12.5. The zero-order valence-corrected chi connectivity index (χ0v) is 12.7. The quantitative estimate of drug-likeness (QED) is 0.812. The zero-order chi connectivity index (χ0) is 15.1. The number of halogens is 1. The molecule has 0 amide bonds. The van der Waals surface area contributed by atoms with Crippen molar-refractivity contribution in [3.8, 4) is 0 Å². The van der Waals surface area contributed by atoms with Gasteiger partial charge in [-0.15, -0.1) is 0 Å². The largest absolute Gasteiger partial charge is 0.317 e. The lowest BCUT2D eigenvalue weighted by atomic mass is 9.95. The molecule has 2 aromatic rings. The Morgan fingerprint density at radius 1 is 1.19 bits per heavy atom. The van der Waals surface area contributed by atoms with Crippen LogP contribution in [0.15, 0.2) is 30.6 Å². The number of nitrogens with zero attached hydrogens (tertiary/aromatic N) is 3. The van der Waals surface area contributed by atoms with Crippen LogP contribution >= 0.6 is 0 Å². The summed E-state index contributed by atoms with van der Waals surface area (Å²) in [6, 6.07) is 6.76. The van der Waals surface area contributed by atoms with E-state index in [2.05, 4.69) is 29.2 Å². The molecule has 1 heterocycles. The summed E-state index contributed by atoms with van der Waals surface area (Å²) in [7, 11) is 0. The minimum atomic E-state index is -0.187. The molecule has 1 atom stereocenters. The van der Waals surface area contributed by atoms with Gasteiger partial charge in [0.1, 0.15) is 18.0 Å². The molecule has 1 aromatic carbocycles. The molecule has 4 nitrogen and oxygen atoms in total. The monoisotopic (exact) mass is 290 g/mol. The van der Waals surface area contributed by atoms with Crippen molar-refractivity contribution < 1.29 is 4.39 Å². The molecule has 0 fully saturated rings. The predicted molar refractivity (Wildman–Crippen MR) is 81.5 cm³/mol. The Morgan fingerprint density at radius 3 is 2.62 bits per heavy atom. The summed E-state index contributed by atoms with van der Waals surface area (Å²) in [5.74, 6) is 1.25. The third kappa shape index (κ3) is 4.63. The van der Waals surface area contributed by atoms with E-state index in [1.807, 2.05) is 16.8 Å². The molecule has 0 bridgehead atoms. The van der Waals surface area contributed by atoms with Crippen molar-refractivity contribution >= 4 is 0 Å². The topological polar surface area (TPSA) is 42.7 Å². The molecule has 0 aliphatic heterocycles. The van der Waals surface area contributed by atoms with Gasteiger partial charge in [-0.05, 0) is 50.0 Å². The number of rotatable bonds is 8. The Bertz CT molecular complexity index is 535. The molecule has 0 saturated heterocycles. The Morgan fingerprint density at radius 2 is 1.95 bits per heavy atom. The van der Waals surface area contributed by atoms with Crippen LogP contribution in [0.3, 0.4) is 0 Å². The summed E-state index contributed by atoms with van der Waals surface area (Å²) in [4.78, 5) is 4.35. The van der Waals surface area contributed by atoms with Crippen LogP contribution in [0.5, 0.6) is 0 Å². The lowest BCUT2D eigenvalue weighted by Gasteiger charge is -2.17. The molecule has 1 N–H and O–H groups in total. The average molecular weight is 290 g/mol. The van der Waals surface area contributed by atoms with Gasteiger partial charge in [0, 0.05) is 13.0 Å². The number of benzene rings is 1. The number of hydrogen-bond donors (Lipinski definition) is 1. The molecule has 21 heavy (non-hydrogen) atoms. The minimum Gasteiger partial charge on any atom is -0.317 e. The zero-order valence-electron chi connectivity index (χ0n) is 12.7. The first-order chi connectivity index (χ1) is 10.2. The molecular formula is C16H23FN4. The molecular weight excluding hydrogens is 267 g/mol. The third-order valence-corrected chi connectivity index (χ3v) is 3.59. The van der Waals surface area contributed by atoms with E-state index in [9.17, 15) is 4.39 Å². The molecule has 0 aliphatic rings. The SMILES string of the molecule is CCNCC(Cc1ccc(F)cc1)Cc1ncnn1CC. The van der Waals surface area contributed by atoms with Gasteiger partial charge in [0.05, 0.1) is 0 Å². The maximum absolute atomic E-state index is 13.0. The Kier molecular flexibility index (Phi) is 5.87. The fourth-order valence-electron chi connectivity index (χ4n) is 2.49. The number of aromatic nitrogens is 3. The first-order valence-electron chi connectivity index (χ1n) is 7.54. The molecule has 2 rings (SSSR count). The van der Waals surface area contributed by atoms with Crippen LogP contribution in [-0.4, -0.2) is 27.9 Å². The molecule has 5 heteroatoms. The van der Waals surface area contributed by atoms with E-state index in [1.54, 1.807) is 6.33 Å². The lowest BCUT2D eigenvalue weighted by Crippen LogP contribution is -2.26. The van der Waals surface area contributed by atoms with E-state index in [1.165, 1.54) is 12.1 Å². The second-order valence-electron chi connectivity index (χ2n) is 5.20. The van der Waals surface area contributed by atoms with Gasteiger partial charge in [0.25, 0.3) is 0 Å². The summed E-state index contributed by atoms with van der Waals surface area (Å²) >= 11 is 0. The van der Waals surface area contributed by atoms with Gasteiger partial charge in [0.15, 0.2) is 0 Å². The van der Waals surface area contributed by atoms with Crippen molar-refractivity contribution in [3.63, 3.8) is 0 Å². The molecule has 0 radical (unpaired) electrons. The Labute approximate surface area is 125 Å². The van der Waals surface area contributed by atoms with Crippen molar-refractivity contribution in [1.82, 2.24) is 20.1 Å². The van der Waals surface area contributed by atoms with Gasteiger partial charge in [-0.3, -0.25) is 4.68 Å². The second kappa shape index (κ2) is 7.88. The van der Waals surface area contributed by atoms with Crippen LogP contribution in [0.25, 0.3) is 0 Å². The first kappa shape index (κ1) is 15.6. The van der Waals surface area contributed by atoms with Crippen molar-refractivity contribution in [2.24, 2.45) is 5.92 Å². The van der Waals surface area contributed by atoms with Gasteiger partial charge in [-0.25, -0.2) is 9.37 Å². The van der Waals surface area contributed by atoms with Gasteiger partial charge in [-0.1, -0.05) is 19.1 Å². The average Bonchev–Trinajstić information content (AvgIpc) is 2.94. The van der Waals surface area contributed by atoms with E-state index in [0.29, 0.717) is 5.92 Å². The standard InChI is InChI=1S/C16H23FN4/c1-3-18-11-14(9-13-5-7-15(17)8-6-13)10-16-19-12-20-21(16)4-2/h5-8,12,14,18H,3-4,9-11H2,1-2H3. The Hall–Kier alpha value is -1.75.